The van der Waals surface area contributed by atoms with Gasteiger partial charge in [0.15, 0.2) is 11.6 Å². The standard InChI is InChI=1S/C13H10ClF2N5O.ClH/c14-8-5-11(16)13(18-7-8)22-9-1-2-12(10(15)6-9)20-3-4-21(17)19-20;/h1-7,19H,17H2;1H. The molecule has 0 saturated carbocycles. The number of halogens is 4. The maximum Gasteiger partial charge on any atom is 0.255 e. The van der Waals surface area contributed by atoms with Crippen LogP contribution in [0.15, 0.2) is 42.9 Å². The van der Waals surface area contributed by atoms with Crippen LogP contribution in [0.1, 0.15) is 0 Å². The highest BCUT2D eigenvalue weighted by atomic mass is 35.5. The molecular weight excluding hydrogens is 351 g/mol. The largest absolute Gasteiger partial charge is 0.436 e. The summed E-state index contributed by atoms with van der Waals surface area (Å²) in [7, 11) is 0. The molecule has 0 radical (unpaired) electrons. The summed E-state index contributed by atoms with van der Waals surface area (Å²) in [4.78, 5) is 3.70. The summed E-state index contributed by atoms with van der Waals surface area (Å²) in [6, 6.07) is 5.10. The van der Waals surface area contributed by atoms with E-state index in [4.69, 9.17) is 22.2 Å². The predicted octanol–water partition coefficient (Wildman–Crippen LogP) is 3.11. The van der Waals surface area contributed by atoms with E-state index < -0.39 is 11.6 Å². The second kappa shape index (κ2) is 6.97. The number of ether oxygens (including phenoxy) is 1. The number of hydrazine groups is 3. The van der Waals surface area contributed by atoms with Gasteiger partial charge in [0, 0.05) is 18.5 Å². The quantitative estimate of drug-likeness (QED) is 0.818. The second-order valence-corrected chi connectivity index (χ2v) is 4.77. The molecule has 1 aromatic heterocycles. The number of anilines is 1. The summed E-state index contributed by atoms with van der Waals surface area (Å²) in [5.41, 5.74) is 2.88. The molecule has 0 saturated heterocycles. The lowest BCUT2D eigenvalue weighted by Crippen LogP contribution is -2.43. The molecule has 1 aromatic carbocycles. The van der Waals surface area contributed by atoms with Crippen LogP contribution in [0, 0.1) is 11.6 Å². The smallest absolute Gasteiger partial charge is 0.255 e. The Hall–Kier alpha value is -2.13. The molecule has 0 unspecified atom stereocenters. The number of pyridine rings is 1. The Morgan fingerprint density at radius 2 is 1.96 bits per heavy atom. The Morgan fingerprint density at radius 1 is 1.17 bits per heavy atom. The van der Waals surface area contributed by atoms with Gasteiger partial charge in [-0.05, 0) is 18.2 Å². The van der Waals surface area contributed by atoms with Gasteiger partial charge in [-0.1, -0.05) is 11.6 Å². The Balaban J connectivity index is 0.00000192. The van der Waals surface area contributed by atoms with E-state index in [2.05, 4.69) is 10.5 Å². The van der Waals surface area contributed by atoms with Gasteiger partial charge in [0.05, 0.1) is 16.9 Å². The van der Waals surface area contributed by atoms with Gasteiger partial charge < -0.3 is 4.74 Å². The lowest BCUT2D eigenvalue weighted by atomic mass is 10.3. The van der Waals surface area contributed by atoms with Crippen LogP contribution in [0.4, 0.5) is 14.5 Å². The van der Waals surface area contributed by atoms with E-state index in [1.807, 2.05) is 0 Å². The van der Waals surface area contributed by atoms with Crippen LogP contribution >= 0.6 is 24.0 Å². The number of hydrogen-bond donors (Lipinski definition) is 2. The van der Waals surface area contributed by atoms with Gasteiger partial charge in [-0.3, -0.25) is 5.01 Å². The average Bonchev–Trinajstić information content (AvgIpc) is 2.88. The first-order valence-electron chi connectivity index (χ1n) is 6.09. The first-order valence-corrected chi connectivity index (χ1v) is 6.47. The predicted molar refractivity (Wildman–Crippen MR) is 83.7 cm³/mol. The van der Waals surface area contributed by atoms with E-state index >= 15 is 0 Å². The number of aromatic nitrogens is 1. The van der Waals surface area contributed by atoms with E-state index in [1.165, 1.54) is 29.5 Å². The minimum atomic E-state index is -0.736. The van der Waals surface area contributed by atoms with Crippen molar-refractivity contribution in [2.24, 2.45) is 5.84 Å². The lowest BCUT2D eigenvalue weighted by Gasteiger charge is -2.19. The molecule has 0 fully saturated rings. The van der Waals surface area contributed by atoms with Crippen LogP contribution < -0.4 is 21.1 Å². The van der Waals surface area contributed by atoms with Gasteiger partial charge in [-0.25, -0.2) is 24.7 Å². The third-order valence-corrected chi connectivity index (χ3v) is 2.97. The van der Waals surface area contributed by atoms with Gasteiger partial charge in [0.25, 0.3) is 5.88 Å². The fourth-order valence-electron chi connectivity index (χ4n) is 1.80. The summed E-state index contributed by atoms with van der Waals surface area (Å²) >= 11 is 5.60. The molecule has 0 amide bonds. The first kappa shape index (κ1) is 17.2. The average molecular weight is 362 g/mol. The van der Waals surface area contributed by atoms with Crippen LogP contribution in [-0.4, -0.2) is 10.1 Å². The zero-order chi connectivity index (χ0) is 15.7. The fourth-order valence-corrected chi connectivity index (χ4v) is 1.94. The van der Waals surface area contributed by atoms with Crippen molar-refractivity contribution in [1.29, 1.82) is 0 Å². The highest BCUT2D eigenvalue weighted by molar-refractivity contribution is 6.30. The molecule has 0 atom stereocenters. The monoisotopic (exact) mass is 361 g/mol. The van der Waals surface area contributed by atoms with E-state index in [9.17, 15) is 8.78 Å². The summed E-state index contributed by atoms with van der Waals surface area (Å²) in [6.07, 6.45) is 4.29. The van der Waals surface area contributed by atoms with Crippen LogP contribution in [-0.2, 0) is 0 Å². The third kappa shape index (κ3) is 3.80. The molecule has 0 spiro atoms. The molecular formula is C13H11Cl2F2N5O. The highest BCUT2D eigenvalue weighted by Gasteiger charge is 2.16. The molecule has 2 aromatic rings. The Kier molecular flexibility index (Phi) is 5.22. The fraction of sp³-hybridized carbons (Fsp3) is 0. The Morgan fingerprint density at radius 3 is 2.57 bits per heavy atom. The maximum absolute atomic E-state index is 14.1. The number of benzene rings is 1. The second-order valence-electron chi connectivity index (χ2n) is 4.33. The van der Waals surface area contributed by atoms with Crippen molar-refractivity contribution in [3.05, 3.63) is 59.5 Å². The van der Waals surface area contributed by atoms with E-state index in [1.54, 1.807) is 6.20 Å². The Labute approximate surface area is 141 Å². The van der Waals surface area contributed by atoms with Crippen molar-refractivity contribution in [2.75, 3.05) is 5.01 Å². The topological polar surface area (TPSA) is 66.7 Å². The van der Waals surface area contributed by atoms with Gasteiger partial charge in [-0.15, -0.1) is 17.9 Å². The number of rotatable bonds is 3. The minimum Gasteiger partial charge on any atom is -0.436 e. The molecule has 0 aliphatic carbocycles. The molecule has 2 heterocycles. The SMILES string of the molecule is Cl.NN1C=CN(c2ccc(Oc3ncc(Cl)cc3F)cc2F)N1. The van der Waals surface area contributed by atoms with Gasteiger partial charge in [0.1, 0.15) is 5.75 Å². The van der Waals surface area contributed by atoms with Gasteiger partial charge in [-0.2, -0.15) is 0 Å². The van der Waals surface area contributed by atoms with Crippen molar-refractivity contribution in [3.8, 4) is 11.6 Å². The van der Waals surface area contributed by atoms with Crippen LogP contribution in [0.25, 0.3) is 0 Å². The van der Waals surface area contributed by atoms with Crippen LogP contribution in [0.3, 0.4) is 0 Å². The van der Waals surface area contributed by atoms with Crippen LogP contribution in [0.5, 0.6) is 11.6 Å². The Bertz CT molecular complexity index is 746. The molecule has 3 rings (SSSR count). The molecule has 23 heavy (non-hydrogen) atoms. The number of hydrogen-bond acceptors (Lipinski definition) is 6. The van der Waals surface area contributed by atoms with Crippen molar-refractivity contribution < 1.29 is 13.5 Å². The van der Waals surface area contributed by atoms with Gasteiger partial charge in [0.2, 0.25) is 0 Å². The summed E-state index contributed by atoms with van der Waals surface area (Å²) in [6.45, 7) is 0. The molecule has 0 bridgehead atoms. The molecule has 10 heteroatoms. The zero-order valence-corrected chi connectivity index (χ0v) is 13.0. The van der Waals surface area contributed by atoms with E-state index in [0.29, 0.717) is 0 Å². The van der Waals surface area contributed by atoms with Crippen LogP contribution in [0.2, 0.25) is 5.02 Å². The van der Waals surface area contributed by atoms with E-state index in [-0.39, 0.29) is 34.7 Å². The molecule has 122 valence electrons. The maximum atomic E-state index is 14.1. The zero-order valence-electron chi connectivity index (χ0n) is 11.4. The number of nitrogens with one attached hydrogen (secondary N) is 1. The highest BCUT2D eigenvalue weighted by Crippen LogP contribution is 2.28. The normalized spacial score (nSPS) is 13.2. The summed E-state index contributed by atoms with van der Waals surface area (Å²) < 4.78 is 32.9. The lowest BCUT2D eigenvalue weighted by molar-refractivity contribution is 0.305. The molecule has 3 N–H and O–H groups in total. The minimum absolute atomic E-state index is 0. The van der Waals surface area contributed by atoms with Gasteiger partial charge >= 0.3 is 0 Å². The van der Waals surface area contributed by atoms with E-state index in [0.717, 1.165) is 17.3 Å². The van der Waals surface area contributed by atoms with Crippen molar-refractivity contribution >= 4 is 29.7 Å². The van der Waals surface area contributed by atoms with Crippen molar-refractivity contribution in [1.82, 2.24) is 15.6 Å². The van der Waals surface area contributed by atoms with Crippen molar-refractivity contribution in [3.63, 3.8) is 0 Å². The molecule has 6 nitrogen and oxygen atoms in total. The summed E-state index contributed by atoms with van der Waals surface area (Å²) in [5, 5.41) is 2.68. The first-order chi connectivity index (χ1) is 10.5. The summed E-state index contributed by atoms with van der Waals surface area (Å²) in [5.74, 6) is 3.95. The number of nitrogens with two attached hydrogens (primary N) is 1. The number of nitrogens with zero attached hydrogens (tertiary/aromatic N) is 3. The molecule has 1 aliphatic heterocycles. The molecule has 1 aliphatic rings. The third-order valence-electron chi connectivity index (χ3n) is 2.77. The van der Waals surface area contributed by atoms with Crippen molar-refractivity contribution in [2.45, 2.75) is 0 Å².